The maximum absolute atomic E-state index is 12.3. The first-order chi connectivity index (χ1) is 9.76. The van der Waals surface area contributed by atoms with Gasteiger partial charge in [0.05, 0.1) is 19.1 Å². The largest absolute Gasteiger partial charge is 0.480 e. The Labute approximate surface area is 120 Å². The zero-order valence-corrected chi connectivity index (χ0v) is 11.2. The molecule has 1 aliphatic heterocycles. The molecule has 7 N–H and O–H groups in total. The molecule has 10 nitrogen and oxygen atoms in total. The highest BCUT2D eigenvalue weighted by Gasteiger charge is 2.41. The van der Waals surface area contributed by atoms with E-state index in [0.717, 1.165) is 4.90 Å². The summed E-state index contributed by atoms with van der Waals surface area (Å²) in [6.07, 6.45) is -1.58. The normalized spacial score (nSPS) is 22.7. The van der Waals surface area contributed by atoms with Crippen molar-refractivity contribution in [2.75, 3.05) is 13.1 Å². The van der Waals surface area contributed by atoms with Gasteiger partial charge < -0.3 is 31.9 Å². The van der Waals surface area contributed by atoms with E-state index in [2.05, 4.69) is 5.32 Å². The summed E-state index contributed by atoms with van der Waals surface area (Å²) in [5.74, 6) is -3.58. The van der Waals surface area contributed by atoms with Crippen molar-refractivity contribution in [1.82, 2.24) is 10.2 Å². The SMILES string of the molecule is NCC(=O)N[C@@H](CC(N)=O)C(=O)N1C[C@H](O)C[C@H]1C(=O)O. The number of β-amino-alcohol motifs (C(OH)–C–C–N with tert-alkyl or cyclic N) is 1. The van der Waals surface area contributed by atoms with Crippen LogP contribution in [-0.4, -0.2) is 70.1 Å². The van der Waals surface area contributed by atoms with Crippen molar-refractivity contribution in [3.63, 3.8) is 0 Å². The van der Waals surface area contributed by atoms with Crippen LogP contribution in [0.1, 0.15) is 12.8 Å². The zero-order chi connectivity index (χ0) is 16.2. The third-order valence-electron chi connectivity index (χ3n) is 3.07. The molecule has 21 heavy (non-hydrogen) atoms. The van der Waals surface area contributed by atoms with Gasteiger partial charge in [0.25, 0.3) is 0 Å². The van der Waals surface area contributed by atoms with Gasteiger partial charge in [-0.1, -0.05) is 0 Å². The van der Waals surface area contributed by atoms with Gasteiger partial charge in [-0.25, -0.2) is 4.79 Å². The lowest BCUT2D eigenvalue weighted by atomic mass is 10.1. The van der Waals surface area contributed by atoms with Crippen LogP contribution in [0.2, 0.25) is 0 Å². The smallest absolute Gasteiger partial charge is 0.326 e. The van der Waals surface area contributed by atoms with Gasteiger partial charge in [0.15, 0.2) is 0 Å². The van der Waals surface area contributed by atoms with Crippen LogP contribution in [0.25, 0.3) is 0 Å². The molecule has 0 unspecified atom stereocenters. The molecule has 1 aliphatic rings. The van der Waals surface area contributed by atoms with E-state index in [1.165, 1.54) is 0 Å². The van der Waals surface area contributed by atoms with Gasteiger partial charge in [-0.15, -0.1) is 0 Å². The highest BCUT2D eigenvalue weighted by Crippen LogP contribution is 2.19. The Morgan fingerprint density at radius 1 is 1.33 bits per heavy atom. The van der Waals surface area contributed by atoms with E-state index in [4.69, 9.17) is 16.6 Å². The molecule has 10 heteroatoms. The number of carboxylic acid groups (broad SMARTS) is 1. The summed E-state index contributed by atoms with van der Waals surface area (Å²) in [7, 11) is 0. The van der Waals surface area contributed by atoms with Gasteiger partial charge in [0.1, 0.15) is 12.1 Å². The highest BCUT2D eigenvalue weighted by atomic mass is 16.4. The molecule has 3 amide bonds. The predicted octanol–water partition coefficient (Wildman–Crippen LogP) is -3.65. The number of carbonyl (C=O) groups excluding carboxylic acids is 3. The number of nitrogens with two attached hydrogens (primary N) is 2. The minimum atomic E-state index is -1.30. The van der Waals surface area contributed by atoms with E-state index >= 15 is 0 Å². The van der Waals surface area contributed by atoms with Crippen LogP contribution in [0.5, 0.6) is 0 Å². The quantitative estimate of drug-likeness (QED) is 0.336. The number of carbonyl (C=O) groups is 4. The van der Waals surface area contributed by atoms with Crippen molar-refractivity contribution in [1.29, 1.82) is 0 Å². The van der Waals surface area contributed by atoms with E-state index < -0.39 is 54.8 Å². The van der Waals surface area contributed by atoms with Gasteiger partial charge >= 0.3 is 5.97 Å². The minimum Gasteiger partial charge on any atom is -0.480 e. The molecule has 0 saturated carbocycles. The number of primary amides is 1. The van der Waals surface area contributed by atoms with Gasteiger partial charge in [0, 0.05) is 13.0 Å². The number of carboxylic acids is 1. The number of nitrogens with zero attached hydrogens (tertiary/aromatic N) is 1. The molecule has 0 aromatic rings. The lowest BCUT2D eigenvalue weighted by Crippen LogP contribution is -2.53. The number of hydrogen-bond donors (Lipinski definition) is 5. The third-order valence-corrected chi connectivity index (χ3v) is 3.07. The Kier molecular flexibility index (Phi) is 5.61. The van der Waals surface area contributed by atoms with E-state index in [-0.39, 0.29) is 13.0 Å². The fraction of sp³-hybridized carbons (Fsp3) is 0.636. The van der Waals surface area contributed by atoms with Crippen LogP contribution < -0.4 is 16.8 Å². The summed E-state index contributed by atoms with van der Waals surface area (Å²) in [5.41, 5.74) is 10.1. The standard InChI is InChI=1S/C11H18N4O6/c12-3-9(18)14-6(2-8(13)17)10(19)15-4-5(16)1-7(15)11(20)21/h5-7,16H,1-4,12H2,(H2,13,17)(H,14,18)(H,20,21)/t5-,6+,7+/m1/s1. The first-order valence-corrected chi connectivity index (χ1v) is 6.25. The highest BCUT2D eigenvalue weighted by molar-refractivity contribution is 5.94. The summed E-state index contributed by atoms with van der Waals surface area (Å²) in [6.45, 7) is -0.586. The van der Waals surface area contributed by atoms with Crippen molar-refractivity contribution in [2.24, 2.45) is 11.5 Å². The minimum absolute atomic E-state index is 0.116. The van der Waals surface area contributed by atoms with Gasteiger partial charge in [-0.05, 0) is 0 Å². The number of amides is 3. The van der Waals surface area contributed by atoms with E-state index in [0.29, 0.717) is 0 Å². The maximum Gasteiger partial charge on any atom is 0.326 e. The maximum atomic E-state index is 12.3. The molecular formula is C11H18N4O6. The van der Waals surface area contributed by atoms with E-state index in [9.17, 15) is 24.3 Å². The molecule has 1 saturated heterocycles. The lowest BCUT2D eigenvalue weighted by Gasteiger charge is -2.26. The van der Waals surface area contributed by atoms with Crippen molar-refractivity contribution < 1.29 is 29.4 Å². The van der Waals surface area contributed by atoms with Crippen molar-refractivity contribution in [2.45, 2.75) is 31.0 Å². The van der Waals surface area contributed by atoms with Gasteiger partial charge in [0.2, 0.25) is 17.7 Å². The number of rotatable bonds is 6. The van der Waals surface area contributed by atoms with Crippen molar-refractivity contribution in [3.05, 3.63) is 0 Å². The molecule has 0 radical (unpaired) electrons. The van der Waals surface area contributed by atoms with Crippen molar-refractivity contribution in [3.8, 4) is 0 Å². The molecule has 118 valence electrons. The molecule has 0 aromatic carbocycles. The second-order valence-corrected chi connectivity index (χ2v) is 4.73. The lowest BCUT2D eigenvalue weighted by molar-refractivity contribution is -0.149. The second-order valence-electron chi connectivity index (χ2n) is 4.73. The molecular weight excluding hydrogens is 284 g/mol. The van der Waals surface area contributed by atoms with Crippen molar-refractivity contribution >= 4 is 23.7 Å². The summed E-state index contributed by atoms with van der Waals surface area (Å²) in [5, 5.41) is 20.8. The zero-order valence-electron chi connectivity index (χ0n) is 11.2. The first kappa shape index (κ1) is 16.9. The summed E-state index contributed by atoms with van der Waals surface area (Å²) >= 11 is 0. The fourth-order valence-electron chi connectivity index (χ4n) is 2.15. The van der Waals surface area contributed by atoms with Gasteiger partial charge in [-0.2, -0.15) is 0 Å². The molecule has 1 fully saturated rings. The Morgan fingerprint density at radius 2 is 1.95 bits per heavy atom. The molecule has 0 spiro atoms. The second kappa shape index (κ2) is 6.99. The average molecular weight is 302 g/mol. The molecule has 0 aliphatic carbocycles. The fourth-order valence-corrected chi connectivity index (χ4v) is 2.15. The number of aliphatic hydroxyl groups is 1. The predicted molar refractivity (Wildman–Crippen MR) is 68.6 cm³/mol. The van der Waals surface area contributed by atoms with Gasteiger partial charge in [-0.3, -0.25) is 14.4 Å². The van der Waals surface area contributed by atoms with Crippen LogP contribution in [0.4, 0.5) is 0 Å². The topological polar surface area (TPSA) is 176 Å². The summed E-state index contributed by atoms with van der Waals surface area (Å²) in [6, 6.07) is -2.51. The number of nitrogens with one attached hydrogen (secondary N) is 1. The molecule has 3 atom stereocenters. The van der Waals surface area contributed by atoms with Crippen LogP contribution in [0.15, 0.2) is 0 Å². The Bertz CT molecular complexity index is 454. The van der Waals surface area contributed by atoms with E-state index in [1.807, 2.05) is 0 Å². The number of aliphatic carboxylic acids is 1. The van der Waals surface area contributed by atoms with Crippen LogP contribution in [0.3, 0.4) is 0 Å². The van der Waals surface area contributed by atoms with Crippen LogP contribution >= 0.6 is 0 Å². The third kappa shape index (κ3) is 4.39. The molecule has 0 bridgehead atoms. The molecule has 0 aromatic heterocycles. The summed E-state index contributed by atoms with van der Waals surface area (Å²) in [4.78, 5) is 46.5. The molecule has 1 heterocycles. The summed E-state index contributed by atoms with van der Waals surface area (Å²) < 4.78 is 0. The first-order valence-electron chi connectivity index (χ1n) is 6.25. The number of hydrogen-bond acceptors (Lipinski definition) is 6. The Hall–Kier alpha value is -2.20. The average Bonchev–Trinajstić information content (AvgIpc) is 2.78. The van der Waals surface area contributed by atoms with E-state index in [1.54, 1.807) is 0 Å². The van der Waals surface area contributed by atoms with Crippen LogP contribution in [0, 0.1) is 0 Å². The monoisotopic (exact) mass is 302 g/mol. The number of likely N-dealkylation sites (tertiary alicyclic amines) is 1. The van der Waals surface area contributed by atoms with Crippen LogP contribution in [-0.2, 0) is 19.2 Å². The number of aliphatic hydroxyl groups excluding tert-OH is 1. The Morgan fingerprint density at radius 3 is 2.43 bits per heavy atom. The molecule has 1 rings (SSSR count). The Balaban J connectivity index is 2.90.